The zero-order valence-electron chi connectivity index (χ0n) is 17.8. The van der Waals surface area contributed by atoms with Crippen LogP contribution in [0.25, 0.3) is 0 Å². The normalized spacial score (nSPS) is 11.3. The van der Waals surface area contributed by atoms with Gasteiger partial charge < -0.3 is 5.32 Å². The number of rotatable bonds is 18. The maximum atomic E-state index is 3.55. The topological polar surface area (TPSA) is 12.0 Å². The van der Waals surface area contributed by atoms with Gasteiger partial charge in [-0.05, 0) is 24.4 Å². The molecule has 1 rings (SSSR count). The molecule has 1 heteroatoms. The molecule has 0 saturated heterocycles. The molecule has 0 aromatic heterocycles. The lowest BCUT2D eigenvalue weighted by atomic mass is 10.0. The van der Waals surface area contributed by atoms with Crippen LogP contribution in [0.4, 0.5) is 0 Å². The summed E-state index contributed by atoms with van der Waals surface area (Å²) in [4.78, 5) is 0. The van der Waals surface area contributed by atoms with E-state index in [1.807, 2.05) is 0 Å². The third kappa shape index (κ3) is 15.4. The lowest BCUT2D eigenvalue weighted by Crippen LogP contribution is -2.14. The van der Waals surface area contributed by atoms with Gasteiger partial charge in [-0.25, -0.2) is 0 Å². The highest BCUT2D eigenvalue weighted by atomic mass is 14.8. The summed E-state index contributed by atoms with van der Waals surface area (Å²) >= 11 is 0. The molecule has 0 bridgehead atoms. The van der Waals surface area contributed by atoms with Crippen LogP contribution in [-0.2, 0) is 6.54 Å². The minimum Gasteiger partial charge on any atom is -0.313 e. The monoisotopic (exact) mass is 359 g/mol. The molecule has 0 spiro atoms. The Morgan fingerprint density at radius 2 is 1.08 bits per heavy atom. The fraction of sp³-hybridized carbons (Fsp3) is 0.760. The molecule has 1 nitrogen and oxygen atoms in total. The molecule has 0 radical (unpaired) electrons. The SMILES string of the molecule is CC(C)CCCCCCCCCCCCCCCNCc1ccccc1. The van der Waals surface area contributed by atoms with E-state index in [9.17, 15) is 0 Å². The van der Waals surface area contributed by atoms with Crippen LogP contribution in [-0.4, -0.2) is 6.54 Å². The Labute approximate surface area is 164 Å². The third-order valence-corrected chi connectivity index (χ3v) is 5.31. The molecular formula is C25H45N. The quantitative estimate of drug-likeness (QED) is 0.263. The number of benzene rings is 1. The third-order valence-electron chi connectivity index (χ3n) is 5.31. The molecule has 0 unspecified atom stereocenters. The van der Waals surface area contributed by atoms with E-state index in [0.717, 1.165) is 19.0 Å². The minimum atomic E-state index is 0.889. The van der Waals surface area contributed by atoms with Gasteiger partial charge in [-0.2, -0.15) is 0 Å². The van der Waals surface area contributed by atoms with Crippen molar-refractivity contribution in [1.82, 2.24) is 5.32 Å². The highest BCUT2D eigenvalue weighted by molar-refractivity contribution is 5.14. The summed E-state index contributed by atoms with van der Waals surface area (Å²) in [5.41, 5.74) is 1.39. The molecule has 150 valence electrons. The van der Waals surface area contributed by atoms with Crippen LogP contribution in [0, 0.1) is 5.92 Å². The van der Waals surface area contributed by atoms with Gasteiger partial charge in [0.15, 0.2) is 0 Å². The summed E-state index contributed by atoms with van der Waals surface area (Å²) in [6.07, 6.45) is 20.1. The van der Waals surface area contributed by atoms with Crippen molar-refractivity contribution in [1.29, 1.82) is 0 Å². The van der Waals surface area contributed by atoms with Gasteiger partial charge in [0.1, 0.15) is 0 Å². The minimum absolute atomic E-state index is 0.889. The van der Waals surface area contributed by atoms with Crippen LogP contribution in [0.2, 0.25) is 0 Å². The smallest absolute Gasteiger partial charge is 0.0205 e. The van der Waals surface area contributed by atoms with E-state index in [4.69, 9.17) is 0 Å². The van der Waals surface area contributed by atoms with E-state index in [1.54, 1.807) is 0 Å². The predicted octanol–water partition coefficient (Wildman–Crippen LogP) is 7.89. The van der Waals surface area contributed by atoms with Crippen molar-refractivity contribution in [2.75, 3.05) is 6.54 Å². The van der Waals surface area contributed by atoms with E-state index in [2.05, 4.69) is 49.5 Å². The number of hydrogen-bond acceptors (Lipinski definition) is 1. The van der Waals surface area contributed by atoms with Gasteiger partial charge in [-0.1, -0.05) is 128 Å². The first-order valence-electron chi connectivity index (χ1n) is 11.5. The van der Waals surface area contributed by atoms with Crippen molar-refractivity contribution in [3.63, 3.8) is 0 Å². The molecule has 0 amide bonds. The van der Waals surface area contributed by atoms with E-state index < -0.39 is 0 Å². The standard InChI is InChI=1S/C25H45N/c1-24(2)19-15-12-10-8-6-4-3-5-7-9-11-13-18-22-26-23-25-20-16-14-17-21-25/h14,16-17,20-21,24,26H,3-13,15,18-19,22-23H2,1-2H3. The lowest BCUT2D eigenvalue weighted by molar-refractivity contribution is 0.502. The van der Waals surface area contributed by atoms with Crippen LogP contribution >= 0.6 is 0 Å². The summed E-state index contributed by atoms with van der Waals surface area (Å²) in [5.74, 6) is 0.889. The van der Waals surface area contributed by atoms with Crippen molar-refractivity contribution in [3.8, 4) is 0 Å². The molecule has 0 aliphatic carbocycles. The molecule has 0 atom stereocenters. The highest BCUT2D eigenvalue weighted by Gasteiger charge is 1.96. The number of hydrogen-bond donors (Lipinski definition) is 1. The molecule has 0 fully saturated rings. The maximum Gasteiger partial charge on any atom is 0.0205 e. The zero-order valence-corrected chi connectivity index (χ0v) is 17.8. The maximum absolute atomic E-state index is 3.55. The van der Waals surface area contributed by atoms with Gasteiger partial charge in [0, 0.05) is 6.54 Å². The summed E-state index contributed by atoms with van der Waals surface area (Å²) in [6.45, 7) is 6.84. The number of nitrogens with one attached hydrogen (secondary N) is 1. The lowest BCUT2D eigenvalue weighted by Gasteiger charge is -2.06. The first kappa shape index (κ1) is 23.2. The second-order valence-corrected chi connectivity index (χ2v) is 8.44. The molecule has 0 saturated carbocycles. The van der Waals surface area contributed by atoms with Crippen molar-refractivity contribution in [2.45, 2.75) is 110 Å². The second-order valence-electron chi connectivity index (χ2n) is 8.44. The molecular weight excluding hydrogens is 314 g/mol. The Bertz CT molecular complexity index is 384. The molecule has 0 aliphatic rings. The van der Waals surface area contributed by atoms with Gasteiger partial charge in [-0.3, -0.25) is 0 Å². The van der Waals surface area contributed by atoms with Gasteiger partial charge in [0.25, 0.3) is 0 Å². The average Bonchev–Trinajstić information content (AvgIpc) is 2.65. The summed E-state index contributed by atoms with van der Waals surface area (Å²) in [6, 6.07) is 10.7. The Balaban J connectivity index is 1.70. The predicted molar refractivity (Wildman–Crippen MR) is 118 cm³/mol. The van der Waals surface area contributed by atoms with Gasteiger partial charge in [0.2, 0.25) is 0 Å². The van der Waals surface area contributed by atoms with Crippen LogP contribution in [0.3, 0.4) is 0 Å². The molecule has 1 aromatic carbocycles. The van der Waals surface area contributed by atoms with Crippen LogP contribution < -0.4 is 5.32 Å². The van der Waals surface area contributed by atoms with E-state index in [1.165, 1.54) is 95.5 Å². The van der Waals surface area contributed by atoms with Gasteiger partial charge in [0.05, 0.1) is 0 Å². The number of unbranched alkanes of at least 4 members (excludes halogenated alkanes) is 12. The van der Waals surface area contributed by atoms with Crippen molar-refractivity contribution < 1.29 is 0 Å². The Morgan fingerprint density at radius 1 is 0.615 bits per heavy atom. The van der Waals surface area contributed by atoms with E-state index in [0.29, 0.717) is 0 Å². The molecule has 26 heavy (non-hydrogen) atoms. The van der Waals surface area contributed by atoms with Gasteiger partial charge >= 0.3 is 0 Å². The van der Waals surface area contributed by atoms with Crippen molar-refractivity contribution >= 4 is 0 Å². The van der Waals surface area contributed by atoms with E-state index in [-0.39, 0.29) is 0 Å². The Hall–Kier alpha value is -0.820. The van der Waals surface area contributed by atoms with Crippen molar-refractivity contribution in [3.05, 3.63) is 35.9 Å². The molecule has 1 N–H and O–H groups in total. The Kier molecular flexibility index (Phi) is 15.7. The first-order chi connectivity index (χ1) is 12.8. The van der Waals surface area contributed by atoms with E-state index >= 15 is 0 Å². The summed E-state index contributed by atoms with van der Waals surface area (Å²) in [7, 11) is 0. The van der Waals surface area contributed by atoms with Crippen LogP contribution in [0.5, 0.6) is 0 Å². The average molecular weight is 360 g/mol. The highest BCUT2D eigenvalue weighted by Crippen LogP contribution is 2.14. The first-order valence-corrected chi connectivity index (χ1v) is 11.5. The van der Waals surface area contributed by atoms with Crippen LogP contribution in [0.15, 0.2) is 30.3 Å². The fourth-order valence-corrected chi connectivity index (χ4v) is 3.58. The summed E-state index contributed by atoms with van der Waals surface area (Å²) < 4.78 is 0. The summed E-state index contributed by atoms with van der Waals surface area (Å²) in [5, 5.41) is 3.55. The zero-order chi connectivity index (χ0) is 18.7. The molecule has 0 heterocycles. The van der Waals surface area contributed by atoms with Crippen LogP contribution in [0.1, 0.15) is 109 Å². The second kappa shape index (κ2) is 17.6. The van der Waals surface area contributed by atoms with Crippen molar-refractivity contribution in [2.24, 2.45) is 5.92 Å². The van der Waals surface area contributed by atoms with Gasteiger partial charge in [-0.15, -0.1) is 0 Å². The Morgan fingerprint density at radius 3 is 1.58 bits per heavy atom. The molecule has 1 aromatic rings. The largest absolute Gasteiger partial charge is 0.313 e. The molecule has 0 aliphatic heterocycles. The fourth-order valence-electron chi connectivity index (χ4n) is 3.58.